The summed E-state index contributed by atoms with van der Waals surface area (Å²) in [5, 5.41) is 21.4. The first-order valence-corrected chi connectivity index (χ1v) is 11.0. The molecule has 33 heavy (non-hydrogen) atoms. The zero-order valence-corrected chi connectivity index (χ0v) is 19.5. The van der Waals surface area contributed by atoms with Gasteiger partial charge in [0.15, 0.2) is 0 Å². The van der Waals surface area contributed by atoms with Gasteiger partial charge in [-0.2, -0.15) is 0 Å². The van der Waals surface area contributed by atoms with Crippen molar-refractivity contribution in [1.82, 2.24) is 4.90 Å². The molecule has 4 rings (SSSR count). The molecule has 0 spiro atoms. The number of aliphatic hydroxyl groups is 1. The van der Waals surface area contributed by atoms with E-state index in [2.05, 4.69) is 0 Å². The Morgan fingerprint density at radius 2 is 1.64 bits per heavy atom. The van der Waals surface area contributed by atoms with Gasteiger partial charge in [0, 0.05) is 12.1 Å². The van der Waals surface area contributed by atoms with Crippen LogP contribution in [0.3, 0.4) is 0 Å². The second-order valence-electron chi connectivity index (χ2n) is 8.08. The lowest BCUT2D eigenvalue weighted by atomic mass is 9.95. The zero-order chi connectivity index (χ0) is 23.9. The van der Waals surface area contributed by atoms with Crippen molar-refractivity contribution in [3.63, 3.8) is 0 Å². The number of ketones is 1. The molecular formula is C26H21Cl2NO4. The number of benzene rings is 3. The molecule has 0 saturated carbocycles. The molecule has 7 heteroatoms. The third kappa shape index (κ3) is 4.34. The number of aryl methyl sites for hydroxylation is 2. The van der Waals surface area contributed by atoms with Crippen LogP contribution in [0.5, 0.6) is 5.75 Å². The number of hydrogen-bond donors (Lipinski definition) is 2. The summed E-state index contributed by atoms with van der Waals surface area (Å²) < 4.78 is 0. The molecule has 3 aromatic carbocycles. The topological polar surface area (TPSA) is 77.8 Å². The molecule has 1 saturated heterocycles. The van der Waals surface area contributed by atoms with Crippen LogP contribution >= 0.6 is 23.2 Å². The second-order valence-corrected chi connectivity index (χ2v) is 8.89. The predicted octanol–water partition coefficient (Wildman–Crippen LogP) is 5.94. The molecule has 2 N–H and O–H groups in total. The van der Waals surface area contributed by atoms with E-state index >= 15 is 0 Å². The molecule has 5 nitrogen and oxygen atoms in total. The Balaban J connectivity index is 1.89. The van der Waals surface area contributed by atoms with Crippen molar-refractivity contribution < 1.29 is 19.8 Å². The van der Waals surface area contributed by atoms with Gasteiger partial charge in [-0.3, -0.25) is 9.59 Å². The van der Waals surface area contributed by atoms with Crippen LogP contribution < -0.4 is 0 Å². The summed E-state index contributed by atoms with van der Waals surface area (Å²) in [6, 6.07) is 15.8. The van der Waals surface area contributed by atoms with E-state index in [1.807, 2.05) is 32.0 Å². The van der Waals surface area contributed by atoms with Crippen molar-refractivity contribution in [1.29, 1.82) is 0 Å². The Kier molecular flexibility index (Phi) is 6.19. The van der Waals surface area contributed by atoms with Crippen LogP contribution in [0.25, 0.3) is 5.76 Å². The van der Waals surface area contributed by atoms with Gasteiger partial charge in [-0.15, -0.1) is 0 Å². The maximum atomic E-state index is 13.2. The summed E-state index contributed by atoms with van der Waals surface area (Å²) in [6.07, 6.45) is 0. The molecule has 1 aliphatic rings. The van der Waals surface area contributed by atoms with Crippen LogP contribution in [0, 0.1) is 13.8 Å². The van der Waals surface area contributed by atoms with Gasteiger partial charge in [0.05, 0.1) is 21.7 Å². The van der Waals surface area contributed by atoms with Crippen LogP contribution in [0.2, 0.25) is 10.0 Å². The molecule has 1 unspecified atom stereocenters. The van der Waals surface area contributed by atoms with E-state index in [0.29, 0.717) is 10.6 Å². The fraction of sp³-hybridized carbons (Fsp3) is 0.154. The maximum absolute atomic E-state index is 13.2. The fourth-order valence-corrected chi connectivity index (χ4v) is 4.30. The Bertz CT molecular complexity index is 1300. The number of likely N-dealkylation sites (tertiary alicyclic amines) is 1. The molecule has 1 amide bonds. The van der Waals surface area contributed by atoms with Crippen molar-refractivity contribution in [3.8, 4) is 5.75 Å². The number of nitrogens with zero attached hydrogens (tertiary/aromatic N) is 1. The number of amides is 1. The summed E-state index contributed by atoms with van der Waals surface area (Å²) in [7, 11) is 0. The van der Waals surface area contributed by atoms with Gasteiger partial charge in [-0.1, -0.05) is 59.1 Å². The summed E-state index contributed by atoms with van der Waals surface area (Å²) >= 11 is 12.1. The molecule has 0 bridgehead atoms. The van der Waals surface area contributed by atoms with E-state index < -0.39 is 17.7 Å². The van der Waals surface area contributed by atoms with Gasteiger partial charge < -0.3 is 15.1 Å². The van der Waals surface area contributed by atoms with E-state index in [1.165, 1.54) is 35.2 Å². The summed E-state index contributed by atoms with van der Waals surface area (Å²) in [5.74, 6) is -1.79. The molecule has 0 aliphatic carbocycles. The number of phenolic OH excluding ortho intramolecular Hbond substituents is 1. The number of aliphatic hydroxyl groups excluding tert-OH is 1. The van der Waals surface area contributed by atoms with E-state index in [1.54, 1.807) is 12.1 Å². The first kappa shape index (κ1) is 22.9. The number of carbonyl (C=O) groups excluding carboxylic acids is 2. The van der Waals surface area contributed by atoms with Gasteiger partial charge in [-0.25, -0.2) is 0 Å². The molecule has 1 atom stereocenters. The van der Waals surface area contributed by atoms with Crippen LogP contribution in [0.1, 0.15) is 33.9 Å². The molecule has 1 heterocycles. The van der Waals surface area contributed by atoms with Crippen LogP contribution in [0.15, 0.2) is 66.2 Å². The SMILES string of the molecule is Cc1ccc(C)c(CN2C(=O)C(=O)/C(=C(\O)c3ccc(Cl)c(Cl)c3)C2c2ccc(O)cc2)c1. The van der Waals surface area contributed by atoms with Gasteiger partial charge in [0.1, 0.15) is 11.5 Å². The number of rotatable bonds is 4. The summed E-state index contributed by atoms with van der Waals surface area (Å²) in [4.78, 5) is 27.8. The van der Waals surface area contributed by atoms with Crippen LogP contribution in [-0.2, 0) is 16.1 Å². The Hall–Kier alpha value is -3.28. The molecule has 1 fully saturated rings. The molecule has 0 radical (unpaired) electrons. The summed E-state index contributed by atoms with van der Waals surface area (Å²) in [5.41, 5.74) is 3.72. The molecule has 3 aromatic rings. The van der Waals surface area contributed by atoms with Gasteiger partial charge in [0.2, 0.25) is 0 Å². The summed E-state index contributed by atoms with van der Waals surface area (Å²) in [6.45, 7) is 4.08. The van der Waals surface area contributed by atoms with Gasteiger partial charge in [0.25, 0.3) is 11.7 Å². The zero-order valence-electron chi connectivity index (χ0n) is 18.0. The minimum Gasteiger partial charge on any atom is -0.508 e. The highest BCUT2D eigenvalue weighted by molar-refractivity contribution is 6.46. The standard InChI is InChI=1S/C26H21Cl2NO4/c1-14-3-4-15(2)18(11-14)13-29-23(16-5-8-19(30)9-6-16)22(25(32)26(29)33)24(31)17-7-10-20(27)21(28)12-17/h3-12,23,30-31H,13H2,1-2H3/b24-22-. The van der Waals surface area contributed by atoms with Crippen molar-refractivity contribution in [2.45, 2.75) is 26.4 Å². The Labute approximate surface area is 201 Å². The average molecular weight is 482 g/mol. The number of carbonyl (C=O) groups is 2. The van der Waals surface area contributed by atoms with Crippen molar-refractivity contribution in [3.05, 3.63) is 104 Å². The Morgan fingerprint density at radius 3 is 2.30 bits per heavy atom. The minimum absolute atomic E-state index is 0.0469. The first-order chi connectivity index (χ1) is 15.7. The van der Waals surface area contributed by atoms with E-state index in [-0.39, 0.29) is 34.2 Å². The minimum atomic E-state index is -0.847. The highest BCUT2D eigenvalue weighted by atomic mass is 35.5. The monoisotopic (exact) mass is 481 g/mol. The predicted molar refractivity (Wildman–Crippen MR) is 128 cm³/mol. The lowest BCUT2D eigenvalue weighted by Gasteiger charge is -2.26. The lowest BCUT2D eigenvalue weighted by Crippen LogP contribution is -2.29. The first-order valence-electron chi connectivity index (χ1n) is 10.3. The third-order valence-corrected chi connectivity index (χ3v) is 6.53. The van der Waals surface area contributed by atoms with Crippen LogP contribution in [0.4, 0.5) is 0 Å². The molecular weight excluding hydrogens is 461 g/mol. The quantitative estimate of drug-likeness (QED) is 0.274. The van der Waals surface area contributed by atoms with Crippen molar-refractivity contribution in [2.24, 2.45) is 0 Å². The average Bonchev–Trinajstić information content (AvgIpc) is 3.03. The normalized spacial score (nSPS) is 17.6. The van der Waals surface area contributed by atoms with Crippen molar-refractivity contribution in [2.75, 3.05) is 0 Å². The fourth-order valence-electron chi connectivity index (χ4n) is 4.00. The maximum Gasteiger partial charge on any atom is 0.295 e. The van der Waals surface area contributed by atoms with Crippen LogP contribution in [-0.4, -0.2) is 26.8 Å². The van der Waals surface area contributed by atoms with E-state index in [9.17, 15) is 19.8 Å². The number of halogens is 2. The van der Waals surface area contributed by atoms with E-state index in [4.69, 9.17) is 23.2 Å². The highest BCUT2D eigenvalue weighted by Crippen LogP contribution is 2.41. The lowest BCUT2D eigenvalue weighted by molar-refractivity contribution is -0.140. The number of hydrogen-bond acceptors (Lipinski definition) is 4. The molecule has 1 aliphatic heterocycles. The molecule has 168 valence electrons. The third-order valence-electron chi connectivity index (χ3n) is 5.79. The number of aromatic hydroxyl groups is 1. The molecule has 0 aromatic heterocycles. The van der Waals surface area contributed by atoms with Gasteiger partial charge in [-0.05, 0) is 60.9 Å². The van der Waals surface area contributed by atoms with E-state index in [0.717, 1.165) is 16.7 Å². The Morgan fingerprint density at radius 1 is 0.939 bits per heavy atom. The largest absolute Gasteiger partial charge is 0.508 e. The van der Waals surface area contributed by atoms with Gasteiger partial charge >= 0.3 is 0 Å². The number of phenols is 1. The van der Waals surface area contributed by atoms with Crippen molar-refractivity contribution >= 4 is 40.7 Å². The smallest absolute Gasteiger partial charge is 0.295 e. The second kappa shape index (κ2) is 8.93. The highest BCUT2D eigenvalue weighted by Gasteiger charge is 2.46. The number of Topliss-reactive ketones (excluding diaryl/α,β-unsaturated/α-hetero) is 1.